The van der Waals surface area contributed by atoms with Crippen molar-refractivity contribution in [3.63, 3.8) is 0 Å². The molecule has 3 N–H and O–H groups in total. The van der Waals surface area contributed by atoms with E-state index < -0.39 is 12.0 Å². The minimum atomic E-state index is -0.920. The number of carboxylic acids is 1. The van der Waals surface area contributed by atoms with Crippen molar-refractivity contribution in [3.05, 3.63) is 0 Å². The van der Waals surface area contributed by atoms with Gasteiger partial charge in [-0.1, -0.05) is 12.8 Å². The number of nitrogens with two attached hydrogens (primary N) is 1. The summed E-state index contributed by atoms with van der Waals surface area (Å²) in [5.74, 6) is -0.279. The molecule has 0 aliphatic rings. The Balaban J connectivity index is 3.17. The molecule has 0 unspecified atom stereocenters. The molecule has 0 bridgehead atoms. The summed E-state index contributed by atoms with van der Waals surface area (Å²) in [6.07, 6.45) is 3.30. The standard InChI is InChI=1S/C7H14ClNO2/c8-5-3-1-2-4-6(9)7(10)11/h6H,1-5,9H2,(H,10,11)/t6-/m0/s1. The molecule has 0 aromatic carbocycles. The Morgan fingerprint density at radius 1 is 1.45 bits per heavy atom. The highest BCUT2D eigenvalue weighted by Gasteiger charge is 2.09. The van der Waals surface area contributed by atoms with Gasteiger partial charge in [-0.2, -0.15) is 0 Å². The van der Waals surface area contributed by atoms with Crippen molar-refractivity contribution >= 4 is 17.6 Å². The van der Waals surface area contributed by atoms with Gasteiger partial charge in [-0.05, 0) is 12.8 Å². The number of halogens is 1. The average molecular weight is 180 g/mol. The van der Waals surface area contributed by atoms with Crippen molar-refractivity contribution in [1.82, 2.24) is 0 Å². The van der Waals surface area contributed by atoms with Gasteiger partial charge in [0.2, 0.25) is 0 Å². The highest BCUT2D eigenvalue weighted by Crippen LogP contribution is 2.02. The lowest BCUT2D eigenvalue weighted by molar-refractivity contribution is -0.138. The number of alkyl halides is 1. The fraction of sp³-hybridized carbons (Fsp3) is 0.857. The maximum Gasteiger partial charge on any atom is 0.320 e. The van der Waals surface area contributed by atoms with Crippen LogP contribution in [-0.4, -0.2) is 23.0 Å². The topological polar surface area (TPSA) is 63.3 Å². The van der Waals surface area contributed by atoms with Crippen molar-refractivity contribution in [2.45, 2.75) is 31.7 Å². The molecule has 0 rings (SSSR count). The van der Waals surface area contributed by atoms with Crippen LogP contribution in [0.2, 0.25) is 0 Å². The number of aliphatic carboxylic acids is 1. The van der Waals surface area contributed by atoms with Gasteiger partial charge in [0.15, 0.2) is 0 Å². The van der Waals surface area contributed by atoms with E-state index in [2.05, 4.69) is 0 Å². The van der Waals surface area contributed by atoms with Crippen LogP contribution in [-0.2, 0) is 4.79 Å². The molecule has 66 valence electrons. The molecule has 0 aliphatic carbocycles. The first-order valence-corrected chi connectivity index (χ1v) is 4.26. The Bertz CT molecular complexity index is 119. The molecule has 0 fully saturated rings. The molecule has 3 nitrogen and oxygen atoms in total. The average Bonchev–Trinajstić information content (AvgIpc) is 1.97. The summed E-state index contributed by atoms with van der Waals surface area (Å²) in [7, 11) is 0. The van der Waals surface area contributed by atoms with Crippen LogP contribution in [0, 0.1) is 0 Å². The Hall–Kier alpha value is -0.280. The van der Waals surface area contributed by atoms with Crippen molar-refractivity contribution in [2.75, 3.05) is 5.88 Å². The van der Waals surface area contributed by atoms with Gasteiger partial charge in [0.25, 0.3) is 0 Å². The fourth-order valence-electron chi connectivity index (χ4n) is 0.759. The van der Waals surface area contributed by atoms with Gasteiger partial charge in [0, 0.05) is 5.88 Å². The van der Waals surface area contributed by atoms with Crippen molar-refractivity contribution in [2.24, 2.45) is 5.73 Å². The largest absolute Gasteiger partial charge is 0.480 e. The predicted molar refractivity (Wildman–Crippen MR) is 44.8 cm³/mol. The fourth-order valence-corrected chi connectivity index (χ4v) is 0.948. The summed E-state index contributed by atoms with van der Waals surface area (Å²) in [6, 6.07) is -0.703. The molecular weight excluding hydrogens is 166 g/mol. The monoisotopic (exact) mass is 179 g/mol. The normalized spacial score (nSPS) is 12.9. The van der Waals surface area contributed by atoms with E-state index in [1.165, 1.54) is 0 Å². The van der Waals surface area contributed by atoms with Crippen LogP contribution < -0.4 is 5.73 Å². The molecule has 0 aliphatic heterocycles. The minimum Gasteiger partial charge on any atom is -0.480 e. The molecule has 0 amide bonds. The third-order valence-electron chi connectivity index (χ3n) is 1.47. The van der Waals surface area contributed by atoms with E-state index in [0.717, 1.165) is 19.3 Å². The quantitative estimate of drug-likeness (QED) is 0.476. The molecule has 0 aromatic heterocycles. The highest BCUT2D eigenvalue weighted by atomic mass is 35.5. The maximum atomic E-state index is 10.2. The second kappa shape index (κ2) is 6.43. The second-order valence-corrected chi connectivity index (χ2v) is 2.86. The van der Waals surface area contributed by atoms with Gasteiger partial charge in [-0.15, -0.1) is 11.6 Å². The number of carboxylic acid groups (broad SMARTS) is 1. The van der Waals surface area contributed by atoms with E-state index >= 15 is 0 Å². The Kier molecular flexibility index (Phi) is 6.27. The van der Waals surface area contributed by atoms with Gasteiger partial charge in [-0.3, -0.25) is 4.79 Å². The Morgan fingerprint density at radius 3 is 2.55 bits per heavy atom. The molecule has 0 aromatic rings. The van der Waals surface area contributed by atoms with Gasteiger partial charge in [-0.25, -0.2) is 0 Å². The first-order valence-electron chi connectivity index (χ1n) is 3.73. The molecule has 0 saturated carbocycles. The number of rotatable bonds is 6. The minimum absolute atomic E-state index is 0.548. The third kappa shape index (κ3) is 6.13. The summed E-state index contributed by atoms with van der Waals surface area (Å²) in [5.41, 5.74) is 5.27. The lowest BCUT2D eigenvalue weighted by Gasteiger charge is -2.04. The molecule has 4 heteroatoms. The number of hydrogen-bond acceptors (Lipinski definition) is 2. The predicted octanol–water partition coefficient (Wildman–Crippen LogP) is 1.20. The third-order valence-corrected chi connectivity index (χ3v) is 1.73. The number of carbonyl (C=O) groups is 1. The van der Waals surface area contributed by atoms with Crippen LogP contribution >= 0.6 is 11.6 Å². The zero-order valence-corrected chi connectivity index (χ0v) is 7.18. The van der Waals surface area contributed by atoms with Crippen LogP contribution in [0.25, 0.3) is 0 Å². The summed E-state index contributed by atoms with van der Waals surface area (Å²) in [4.78, 5) is 10.2. The lowest BCUT2D eigenvalue weighted by Crippen LogP contribution is -2.29. The molecule has 0 saturated heterocycles. The van der Waals surface area contributed by atoms with Crippen molar-refractivity contribution in [1.29, 1.82) is 0 Å². The van der Waals surface area contributed by atoms with Crippen LogP contribution in [0.4, 0.5) is 0 Å². The van der Waals surface area contributed by atoms with Crippen molar-refractivity contribution in [3.8, 4) is 0 Å². The van der Waals surface area contributed by atoms with Crippen LogP contribution in [0.5, 0.6) is 0 Å². The van der Waals surface area contributed by atoms with Gasteiger partial charge in [0.05, 0.1) is 0 Å². The highest BCUT2D eigenvalue weighted by molar-refractivity contribution is 6.17. The Labute approximate surface area is 71.5 Å². The van der Waals surface area contributed by atoms with Crippen molar-refractivity contribution < 1.29 is 9.90 Å². The first kappa shape index (κ1) is 10.7. The van der Waals surface area contributed by atoms with Gasteiger partial charge < -0.3 is 10.8 Å². The molecular formula is C7H14ClNO2. The van der Waals surface area contributed by atoms with E-state index in [1.54, 1.807) is 0 Å². The Morgan fingerprint density at radius 2 is 2.09 bits per heavy atom. The molecule has 0 heterocycles. The maximum absolute atomic E-state index is 10.2. The molecule has 0 spiro atoms. The van der Waals surface area contributed by atoms with Gasteiger partial charge >= 0.3 is 5.97 Å². The zero-order chi connectivity index (χ0) is 8.69. The number of unbranched alkanes of at least 4 members (excludes halogenated alkanes) is 2. The first-order chi connectivity index (χ1) is 5.18. The zero-order valence-electron chi connectivity index (χ0n) is 6.42. The lowest BCUT2D eigenvalue weighted by atomic mass is 10.1. The summed E-state index contributed by atoms with van der Waals surface area (Å²) in [5, 5.41) is 8.39. The molecule has 1 atom stereocenters. The summed E-state index contributed by atoms with van der Waals surface area (Å²) < 4.78 is 0. The van der Waals surface area contributed by atoms with Crippen LogP contribution in [0.3, 0.4) is 0 Å². The number of hydrogen-bond donors (Lipinski definition) is 2. The smallest absolute Gasteiger partial charge is 0.320 e. The SMILES string of the molecule is N[C@@H](CCCCCCl)C(=O)O. The van der Waals surface area contributed by atoms with E-state index in [4.69, 9.17) is 22.4 Å². The summed E-state index contributed by atoms with van der Waals surface area (Å²) in [6.45, 7) is 0. The second-order valence-electron chi connectivity index (χ2n) is 2.48. The van der Waals surface area contributed by atoms with Crippen LogP contribution in [0.1, 0.15) is 25.7 Å². The van der Waals surface area contributed by atoms with Gasteiger partial charge in [0.1, 0.15) is 6.04 Å². The summed E-state index contributed by atoms with van der Waals surface area (Å²) >= 11 is 5.43. The van der Waals surface area contributed by atoms with E-state index in [-0.39, 0.29) is 0 Å². The van der Waals surface area contributed by atoms with E-state index in [0.29, 0.717) is 12.3 Å². The van der Waals surface area contributed by atoms with E-state index in [9.17, 15) is 4.79 Å². The molecule has 0 radical (unpaired) electrons. The molecule has 11 heavy (non-hydrogen) atoms. The van der Waals surface area contributed by atoms with Crippen LogP contribution in [0.15, 0.2) is 0 Å². The van der Waals surface area contributed by atoms with E-state index in [1.807, 2.05) is 0 Å².